The van der Waals surface area contributed by atoms with Crippen LogP contribution in [-0.2, 0) is 9.53 Å². The third kappa shape index (κ3) is 1.37. The average molecular weight is 300 g/mol. The fourth-order valence-electron chi connectivity index (χ4n) is 7.77. The number of allylic oxidation sites excluding steroid dienone is 2. The van der Waals surface area contributed by atoms with Crippen molar-refractivity contribution in [1.82, 2.24) is 0 Å². The van der Waals surface area contributed by atoms with Crippen LogP contribution in [0.15, 0.2) is 11.6 Å². The fraction of sp³-hybridized carbons (Fsp3) is 0.850. The van der Waals surface area contributed by atoms with Gasteiger partial charge in [-0.2, -0.15) is 0 Å². The quantitative estimate of drug-likeness (QED) is 0.486. The van der Waals surface area contributed by atoms with E-state index in [0.29, 0.717) is 16.7 Å². The van der Waals surface area contributed by atoms with Gasteiger partial charge in [0, 0.05) is 5.41 Å². The normalized spacial score (nSPS) is 55.8. The zero-order valence-corrected chi connectivity index (χ0v) is 14.0. The maximum atomic E-state index is 12.5. The van der Waals surface area contributed by atoms with Crippen molar-refractivity contribution >= 4 is 5.97 Å². The van der Waals surface area contributed by atoms with E-state index in [1.165, 1.54) is 44.9 Å². The molecule has 2 heteroatoms. The van der Waals surface area contributed by atoms with Gasteiger partial charge in [0.1, 0.15) is 0 Å². The molecule has 1 spiro atoms. The third-order valence-electron chi connectivity index (χ3n) is 8.62. The lowest BCUT2D eigenvalue weighted by Crippen LogP contribution is -2.64. The second-order valence-corrected chi connectivity index (χ2v) is 9.32. The molecule has 0 aromatic carbocycles. The Bertz CT molecular complexity index is 578. The van der Waals surface area contributed by atoms with Crippen molar-refractivity contribution in [3.05, 3.63) is 11.6 Å². The first-order valence-electron chi connectivity index (χ1n) is 9.37. The summed E-state index contributed by atoms with van der Waals surface area (Å²) >= 11 is 0. The molecule has 0 unspecified atom stereocenters. The molecule has 5 rings (SSSR count). The van der Waals surface area contributed by atoms with E-state index >= 15 is 0 Å². The smallest absolute Gasteiger partial charge is 0.312 e. The summed E-state index contributed by atoms with van der Waals surface area (Å²) in [5.41, 5.74) is 2.21. The van der Waals surface area contributed by atoms with E-state index in [2.05, 4.69) is 19.9 Å². The number of cyclic esters (lactones) is 1. The second-order valence-electron chi connectivity index (χ2n) is 9.32. The van der Waals surface area contributed by atoms with E-state index < -0.39 is 0 Å². The van der Waals surface area contributed by atoms with E-state index in [-0.39, 0.29) is 11.4 Å². The van der Waals surface area contributed by atoms with Crippen LogP contribution in [-0.4, -0.2) is 12.6 Å². The molecular formula is C20H28O2. The topological polar surface area (TPSA) is 26.3 Å². The predicted molar refractivity (Wildman–Crippen MR) is 85.1 cm³/mol. The van der Waals surface area contributed by atoms with Crippen molar-refractivity contribution in [3.63, 3.8) is 0 Å². The monoisotopic (exact) mass is 300 g/mol. The highest BCUT2D eigenvalue weighted by atomic mass is 16.5. The summed E-state index contributed by atoms with van der Waals surface area (Å²) < 4.78 is 5.83. The van der Waals surface area contributed by atoms with Crippen molar-refractivity contribution in [2.45, 2.75) is 65.2 Å². The van der Waals surface area contributed by atoms with Crippen LogP contribution in [0, 0.1) is 34.0 Å². The summed E-state index contributed by atoms with van der Waals surface area (Å²) in [7, 11) is 0. The minimum Gasteiger partial charge on any atom is -0.465 e. The molecule has 0 radical (unpaired) electrons. The van der Waals surface area contributed by atoms with Gasteiger partial charge in [-0.1, -0.05) is 18.1 Å². The molecule has 0 amide bonds. The summed E-state index contributed by atoms with van der Waals surface area (Å²) in [5, 5.41) is 0. The zero-order chi connectivity index (χ0) is 15.2. The number of hydrogen-bond acceptors (Lipinski definition) is 2. The molecular weight excluding hydrogens is 272 g/mol. The molecule has 4 aliphatic carbocycles. The van der Waals surface area contributed by atoms with Crippen molar-refractivity contribution in [3.8, 4) is 0 Å². The molecule has 6 atom stereocenters. The van der Waals surface area contributed by atoms with Crippen LogP contribution >= 0.6 is 0 Å². The van der Waals surface area contributed by atoms with Crippen molar-refractivity contribution in [2.75, 3.05) is 6.61 Å². The number of rotatable bonds is 0. The predicted octanol–water partition coefficient (Wildman–Crippen LogP) is 4.49. The van der Waals surface area contributed by atoms with Crippen LogP contribution in [0.2, 0.25) is 0 Å². The van der Waals surface area contributed by atoms with Crippen LogP contribution in [0.25, 0.3) is 0 Å². The van der Waals surface area contributed by atoms with Gasteiger partial charge >= 0.3 is 5.97 Å². The van der Waals surface area contributed by atoms with Crippen LogP contribution in [0.1, 0.15) is 65.2 Å². The molecule has 1 heterocycles. The van der Waals surface area contributed by atoms with Gasteiger partial charge < -0.3 is 4.74 Å². The van der Waals surface area contributed by atoms with Crippen LogP contribution in [0.5, 0.6) is 0 Å². The number of carbonyl (C=O) groups excluding carboxylic acids is 1. The molecule has 5 aliphatic rings. The van der Waals surface area contributed by atoms with Crippen molar-refractivity contribution in [1.29, 1.82) is 0 Å². The van der Waals surface area contributed by atoms with Gasteiger partial charge in [-0.15, -0.1) is 0 Å². The van der Waals surface area contributed by atoms with E-state index in [4.69, 9.17) is 4.74 Å². The Balaban J connectivity index is 1.63. The molecule has 2 nitrogen and oxygen atoms in total. The lowest BCUT2D eigenvalue weighted by molar-refractivity contribution is -0.229. The first-order chi connectivity index (χ1) is 10.5. The highest BCUT2D eigenvalue weighted by molar-refractivity contribution is 5.78. The zero-order valence-electron chi connectivity index (χ0n) is 14.0. The van der Waals surface area contributed by atoms with Crippen LogP contribution in [0.3, 0.4) is 0 Å². The van der Waals surface area contributed by atoms with Gasteiger partial charge in [0.05, 0.1) is 12.0 Å². The SMILES string of the molecule is CC1=C[C@@]23CC[C@H]4[C@@]5(CCC[C@@]4(C)C(=O)OC5)[C@@H]2CC[C@@H]1C3. The summed E-state index contributed by atoms with van der Waals surface area (Å²) in [4.78, 5) is 12.5. The molecule has 22 heavy (non-hydrogen) atoms. The maximum Gasteiger partial charge on any atom is 0.312 e. The van der Waals surface area contributed by atoms with E-state index in [9.17, 15) is 4.79 Å². The third-order valence-corrected chi connectivity index (χ3v) is 8.62. The second kappa shape index (κ2) is 3.99. The molecule has 0 aromatic rings. The summed E-state index contributed by atoms with van der Waals surface area (Å²) in [6.45, 7) is 5.29. The minimum absolute atomic E-state index is 0.107. The van der Waals surface area contributed by atoms with E-state index in [1.54, 1.807) is 5.57 Å². The molecule has 4 bridgehead atoms. The Morgan fingerprint density at radius 3 is 2.86 bits per heavy atom. The van der Waals surface area contributed by atoms with E-state index in [1.807, 2.05) is 0 Å². The van der Waals surface area contributed by atoms with Gasteiger partial charge in [-0.05, 0) is 82.0 Å². The lowest BCUT2D eigenvalue weighted by Gasteiger charge is -2.66. The Labute approximate surface area is 133 Å². The Kier molecular flexibility index (Phi) is 2.47. The van der Waals surface area contributed by atoms with Gasteiger partial charge in [0.15, 0.2) is 0 Å². The summed E-state index contributed by atoms with van der Waals surface area (Å²) in [6.07, 6.45) is 12.9. The average Bonchev–Trinajstić information content (AvgIpc) is 2.73. The minimum atomic E-state index is -0.188. The highest BCUT2D eigenvalue weighted by Gasteiger charge is 2.68. The lowest BCUT2D eigenvalue weighted by atomic mass is 9.40. The molecule has 120 valence electrons. The summed E-state index contributed by atoms with van der Waals surface area (Å²) in [6, 6.07) is 0. The van der Waals surface area contributed by atoms with Crippen molar-refractivity contribution < 1.29 is 9.53 Å². The number of fused-ring (bicyclic) bond motifs is 1. The summed E-state index contributed by atoms with van der Waals surface area (Å²) in [5.74, 6) is 2.30. The Morgan fingerprint density at radius 1 is 1.14 bits per heavy atom. The number of hydrogen-bond donors (Lipinski definition) is 0. The standard InChI is InChI=1S/C20H28O2/c1-13-10-19-9-6-15-18(2)7-3-8-20(15,12-22-17(18)21)16(19)5-4-14(13)11-19/h10,14-16H,3-9,11-12H2,1-2H3/t14-,15-,16-,18-,19-,20+/m1/s1. The molecule has 1 saturated heterocycles. The first kappa shape index (κ1) is 13.6. The molecule has 0 aromatic heterocycles. The molecule has 1 aliphatic heterocycles. The van der Waals surface area contributed by atoms with Crippen molar-refractivity contribution in [2.24, 2.45) is 34.0 Å². The van der Waals surface area contributed by atoms with Crippen LogP contribution < -0.4 is 0 Å². The number of carbonyl (C=O) groups is 1. The van der Waals surface area contributed by atoms with Crippen LogP contribution in [0.4, 0.5) is 0 Å². The van der Waals surface area contributed by atoms with Gasteiger partial charge in [0.25, 0.3) is 0 Å². The Morgan fingerprint density at radius 2 is 2.00 bits per heavy atom. The fourth-order valence-corrected chi connectivity index (χ4v) is 7.77. The largest absolute Gasteiger partial charge is 0.465 e. The van der Waals surface area contributed by atoms with Gasteiger partial charge in [-0.3, -0.25) is 4.79 Å². The first-order valence-corrected chi connectivity index (χ1v) is 9.37. The van der Waals surface area contributed by atoms with Gasteiger partial charge in [-0.25, -0.2) is 0 Å². The molecule has 0 N–H and O–H groups in total. The number of esters is 1. The Hall–Kier alpha value is -0.790. The molecule has 4 fully saturated rings. The number of ether oxygens (including phenoxy) is 1. The molecule has 3 saturated carbocycles. The maximum absolute atomic E-state index is 12.5. The highest BCUT2D eigenvalue weighted by Crippen LogP contribution is 2.72. The van der Waals surface area contributed by atoms with E-state index in [0.717, 1.165) is 24.9 Å². The van der Waals surface area contributed by atoms with Gasteiger partial charge in [0.2, 0.25) is 0 Å².